The highest BCUT2D eigenvalue weighted by atomic mass is 16.5. The van der Waals surface area contributed by atoms with Crippen molar-refractivity contribution in [2.24, 2.45) is 0 Å². The Bertz CT molecular complexity index is 651. The smallest absolute Gasteiger partial charge is 0.258 e. The summed E-state index contributed by atoms with van der Waals surface area (Å²) in [6, 6.07) is 5.18. The van der Waals surface area contributed by atoms with Crippen molar-refractivity contribution in [2.75, 3.05) is 0 Å². The zero-order chi connectivity index (χ0) is 15.9. The van der Waals surface area contributed by atoms with Crippen molar-refractivity contribution in [1.29, 1.82) is 0 Å². The highest BCUT2D eigenvalue weighted by Gasteiger charge is 2.39. The number of carbonyl (C=O) groups is 2. The van der Waals surface area contributed by atoms with Crippen LogP contribution in [0.15, 0.2) is 30.5 Å². The molecule has 3 rings (SSSR count). The molecule has 1 atom stereocenters. The summed E-state index contributed by atoms with van der Waals surface area (Å²) in [6.45, 7) is 8.08. The van der Waals surface area contributed by atoms with E-state index >= 15 is 0 Å². The fourth-order valence-electron chi connectivity index (χ4n) is 3.01. The maximum atomic E-state index is 12.8. The van der Waals surface area contributed by atoms with Gasteiger partial charge in [-0.2, -0.15) is 0 Å². The zero-order valence-corrected chi connectivity index (χ0v) is 12.9. The van der Waals surface area contributed by atoms with Crippen LogP contribution in [-0.2, 0) is 11.3 Å². The van der Waals surface area contributed by atoms with E-state index in [-0.39, 0.29) is 17.9 Å². The van der Waals surface area contributed by atoms with Gasteiger partial charge in [-0.05, 0) is 38.3 Å². The molecular weight excluding hydrogens is 280 g/mol. The molecule has 1 unspecified atom stereocenters. The Labute approximate surface area is 129 Å². The largest absolute Gasteiger partial charge is 0.490 e. The quantitative estimate of drug-likeness (QED) is 0.931. The molecule has 116 valence electrons. The van der Waals surface area contributed by atoms with Crippen LogP contribution in [0.4, 0.5) is 0 Å². The molecule has 5 nitrogen and oxygen atoms in total. The van der Waals surface area contributed by atoms with Crippen LogP contribution in [0.25, 0.3) is 0 Å². The molecule has 0 aliphatic carbocycles. The van der Waals surface area contributed by atoms with Gasteiger partial charge in [0.1, 0.15) is 11.8 Å². The second kappa shape index (κ2) is 5.48. The van der Waals surface area contributed by atoms with Crippen molar-refractivity contribution in [1.82, 2.24) is 10.2 Å². The Morgan fingerprint density at radius 1 is 1.36 bits per heavy atom. The van der Waals surface area contributed by atoms with Crippen LogP contribution in [0.5, 0.6) is 5.75 Å². The predicted molar refractivity (Wildman–Crippen MR) is 82.4 cm³/mol. The van der Waals surface area contributed by atoms with Crippen LogP contribution in [0.1, 0.15) is 42.6 Å². The summed E-state index contributed by atoms with van der Waals surface area (Å²) in [6.07, 6.45) is 1.31. The third-order valence-electron chi connectivity index (χ3n) is 3.99. The number of hydrogen-bond acceptors (Lipinski definition) is 3. The van der Waals surface area contributed by atoms with Gasteiger partial charge in [0.15, 0.2) is 0 Å². The molecular formula is C17H20N2O3. The summed E-state index contributed by atoms with van der Waals surface area (Å²) in [5.41, 5.74) is 2.22. The molecule has 0 bridgehead atoms. The number of piperidine rings is 1. The number of amides is 2. The molecule has 0 radical (unpaired) electrons. The number of hydrogen-bond donors (Lipinski definition) is 1. The van der Waals surface area contributed by atoms with Crippen LogP contribution in [0.2, 0.25) is 0 Å². The second-order valence-corrected chi connectivity index (χ2v) is 6.04. The van der Waals surface area contributed by atoms with Gasteiger partial charge < -0.3 is 15.0 Å². The number of nitrogens with zero attached hydrogens (tertiary/aromatic N) is 1. The van der Waals surface area contributed by atoms with Gasteiger partial charge in [0.05, 0.1) is 11.7 Å². The number of fused-ring (bicyclic) bond motifs is 1. The number of allylic oxidation sites excluding steroid dienone is 1. The lowest BCUT2D eigenvalue weighted by molar-refractivity contribution is -0.126. The zero-order valence-electron chi connectivity index (χ0n) is 12.9. The Morgan fingerprint density at radius 2 is 2.14 bits per heavy atom. The maximum absolute atomic E-state index is 12.8. The first-order chi connectivity index (χ1) is 10.5. The van der Waals surface area contributed by atoms with Gasteiger partial charge >= 0.3 is 0 Å². The van der Waals surface area contributed by atoms with Crippen molar-refractivity contribution < 1.29 is 14.3 Å². The molecule has 22 heavy (non-hydrogen) atoms. The van der Waals surface area contributed by atoms with E-state index in [2.05, 4.69) is 11.9 Å². The number of ether oxygens (including phenoxy) is 1. The number of nitrogens with one attached hydrogen (secondary N) is 1. The summed E-state index contributed by atoms with van der Waals surface area (Å²) >= 11 is 0. The molecule has 1 N–H and O–H groups in total. The lowest BCUT2D eigenvalue weighted by atomic mass is 10.0. The standard InChI is InChI=1S/C17H20N2O3/c1-10(2)22-14-6-4-5-12-9-19(17(21)15(12)14)13-8-7-11(3)18-16(13)20/h4-6,10,13H,3,7-9H2,1-2H3,(H,18,20). The van der Waals surface area contributed by atoms with Crippen molar-refractivity contribution in [3.05, 3.63) is 41.6 Å². The average Bonchev–Trinajstić information content (AvgIpc) is 2.76. The van der Waals surface area contributed by atoms with E-state index < -0.39 is 6.04 Å². The normalized spacial score (nSPS) is 21.1. The molecule has 1 aromatic rings. The third-order valence-corrected chi connectivity index (χ3v) is 3.99. The highest BCUT2D eigenvalue weighted by molar-refractivity contribution is 6.03. The van der Waals surface area contributed by atoms with Crippen LogP contribution >= 0.6 is 0 Å². The number of benzene rings is 1. The predicted octanol–water partition coefficient (Wildman–Crippen LogP) is 2.22. The molecule has 2 aliphatic heterocycles. The van der Waals surface area contributed by atoms with E-state index in [0.717, 1.165) is 5.56 Å². The fourth-order valence-corrected chi connectivity index (χ4v) is 3.01. The molecule has 0 aromatic heterocycles. The van der Waals surface area contributed by atoms with Crippen molar-refractivity contribution in [3.63, 3.8) is 0 Å². The van der Waals surface area contributed by atoms with E-state index in [9.17, 15) is 9.59 Å². The molecule has 1 aromatic carbocycles. The maximum Gasteiger partial charge on any atom is 0.258 e. The molecule has 0 spiro atoms. The first kappa shape index (κ1) is 14.6. The van der Waals surface area contributed by atoms with E-state index in [1.54, 1.807) is 4.90 Å². The van der Waals surface area contributed by atoms with Crippen LogP contribution in [-0.4, -0.2) is 28.9 Å². The van der Waals surface area contributed by atoms with Gasteiger partial charge in [-0.15, -0.1) is 0 Å². The summed E-state index contributed by atoms with van der Waals surface area (Å²) in [7, 11) is 0. The summed E-state index contributed by atoms with van der Waals surface area (Å²) in [5.74, 6) is 0.322. The van der Waals surface area contributed by atoms with E-state index in [1.165, 1.54) is 0 Å². The molecule has 2 amide bonds. The summed E-state index contributed by atoms with van der Waals surface area (Å²) in [4.78, 5) is 26.6. The van der Waals surface area contributed by atoms with Gasteiger partial charge in [0, 0.05) is 12.2 Å². The van der Waals surface area contributed by atoms with Gasteiger partial charge in [0.2, 0.25) is 5.91 Å². The molecule has 2 heterocycles. The van der Waals surface area contributed by atoms with Crippen molar-refractivity contribution >= 4 is 11.8 Å². The van der Waals surface area contributed by atoms with Gasteiger partial charge in [-0.3, -0.25) is 9.59 Å². The minimum absolute atomic E-state index is 0.00495. The van der Waals surface area contributed by atoms with Crippen molar-refractivity contribution in [3.8, 4) is 5.75 Å². The van der Waals surface area contributed by atoms with E-state index in [0.29, 0.717) is 36.4 Å². The van der Waals surface area contributed by atoms with Crippen LogP contribution in [0, 0.1) is 0 Å². The summed E-state index contributed by atoms with van der Waals surface area (Å²) < 4.78 is 5.74. The Hall–Kier alpha value is -2.30. The topological polar surface area (TPSA) is 58.6 Å². The first-order valence-corrected chi connectivity index (χ1v) is 7.55. The first-order valence-electron chi connectivity index (χ1n) is 7.55. The van der Waals surface area contributed by atoms with Crippen LogP contribution < -0.4 is 10.1 Å². The summed E-state index contributed by atoms with van der Waals surface area (Å²) in [5, 5.41) is 2.74. The molecule has 0 saturated carbocycles. The lowest BCUT2D eigenvalue weighted by Crippen LogP contribution is -2.49. The Kier molecular flexibility index (Phi) is 3.64. The van der Waals surface area contributed by atoms with Gasteiger partial charge in [0.25, 0.3) is 5.91 Å². The van der Waals surface area contributed by atoms with Crippen LogP contribution in [0.3, 0.4) is 0 Å². The molecule has 2 aliphatic rings. The number of rotatable bonds is 3. The third kappa shape index (κ3) is 2.47. The van der Waals surface area contributed by atoms with Gasteiger partial charge in [-0.25, -0.2) is 0 Å². The SMILES string of the molecule is C=C1CCC(N2Cc3cccc(OC(C)C)c3C2=O)C(=O)N1. The minimum Gasteiger partial charge on any atom is -0.490 e. The molecule has 1 fully saturated rings. The fraction of sp³-hybridized carbons (Fsp3) is 0.412. The number of carbonyl (C=O) groups excluding carboxylic acids is 2. The van der Waals surface area contributed by atoms with E-state index in [4.69, 9.17) is 4.74 Å². The monoisotopic (exact) mass is 300 g/mol. The second-order valence-electron chi connectivity index (χ2n) is 6.04. The Balaban J connectivity index is 1.88. The highest BCUT2D eigenvalue weighted by Crippen LogP contribution is 2.34. The average molecular weight is 300 g/mol. The van der Waals surface area contributed by atoms with E-state index in [1.807, 2.05) is 32.0 Å². The minimum atomic E-state index is -0.433. The van der Waals surface area contributed by atoms with Gasteiger partial charge in [-0.1, -0.05) is 18.7 Å². The van der Waals surface area contributed by atoms with Crippen molar-refractivity contribution in [2.45, 2.75) is 45.4 Å². The Morgan fingerprint density at radius 3 is 2.82 bits per heavy atom. The molecule has 1 saturated heterocycles. The lowest BCUT2D eigenvalue weighted by Gasteiger charge is -2.31. The molecule has 5 heteroatoms.